The Labute approximate surface area is 188 Å². The maximum Gasteiger partial charge on any atom is 0.145 e. The highest BCUT2D eigenvalue weighted by Crippen LogP contribution is 2.32. The lowest BCUT2D eigenvalue weighted by molar-refractivity contribution is 0.313. The molecule has 1 aromatic heterocycles. The van der Waals surface area contributed by atoms with E-state index in [0.29, 0.717) is 17.3 Å². The molecule has 0 amide bonds. The highest BCUT2D eigenvalue weighted by Gasteiger charge is 2.31. The van der Waals surface area contributed by atoms with Crippen LogP contribution in [0, 0.1) is 5.41 Å². The van der Waals surface area contributed by atoms with Crippen molar-refractivity contribution in [1.82, 2.24) is 14.9 Å². The fraction of sp³-hybridized carbons (Fsp3) is 0.360. The molecule has 0 unspecified atom stereocenters. The number of H-pyrrole nitrogens is 1. The lowest BCUT2D eigenvalue weighted by Crippen LogP contribution is -2.44. The number of anilines is 2. The molecule has 166 valence electrons. The number of rotatable bonds is 4. The minimum atomic E-state index is 0.168. The lowest BCUT2D eigenvalue weighted by Gasteiger charge is -2.34. The van der Waals surface area contributed by atoms with Gasteiger partial charge in [0.05, 0.1) is 23.2 Å². The Hall–Kier alpha value is -3.32. The highest BCUT2D eigenvalue weighted by molar-refractivity contribution is 6.30. The van der Waals surface area contributed by atoms with Gasteiger partial charge in [0.25, 0.3) is 0 Å². The Balaban J connectivity index is 1.40. The van der Waals surface area contributed by atoms with Gasteiger partial charge in [-0.15, -0.1) is 0 Å². The molecule has 2 aromatic carbocycles. The van der Waals surface area contributed by atoms with Gasteiger partial charge in [0.1, 0.15) is 17.4 Å². The van der Waals surface area contributed by atoms with Crippen molar-refractivity contribution in [3.05, 3.63) is 59.6 Å². The van der Waals surface area contributed by atoms with Gasteiger partial charge in [-0.05, 0) is 48.9 Å². The Morgan fingerprint density at radius 1 is 1.00 bits per heavy atom. The second-order valence-corrected chi connectivity index (χ2v) is 9.08. The smallest absolute Gasteiger partial charge is 0.145 e. The Bertz CT molecular complexity index is 1180. The Morgan fingerprint density at radius 2 is 1.69 bits per heavy atom. The zero-order chi connectivity index (χ0) is 22.4. The first-order valence-corrected chi connectivity index (χ1v) is 11.2. The fourth-order valence-corrected chi connectivity index (χ4v) is 4.47. The monoisotopic (exact) mass is 430 g/mol. The molecule has 0 radical (unpaired) electrons. The molecule has 2 aliphatic rings. The highest BCUT2D eigenvalue weighted by atomic mass is 16.3. The van der Waals surface area contributed by atoms with Crippen molar-refractivity contribution in [1.29, 1.82) is 5.41 Å². The standard InChI is InChI=1S/C25H30N6O/c1-16(2)17-4-6-18(7-5-17)31-15-22(32)23(24(31)26)25-27-20-9-8-19(14-21(20)28-25)30-12-10-29(3)11-13-30/h4-9,14,16,26,32H,10-13,15H2,1-3H3,(H,27,28). The summed E-state index contributed by atoms with van der Waals surface area (Å²) >= 11 is 0. The maximum absolute atomic E-state index is 10.7. The molecule has 3 N–H and O–H groups in total. The molecule has 7 heteroatoms. The van der Waals surface area contributed by atoms with Crippen molar-refractivity contribution in [3.63, 3.8) is 0 Å². The number of hydrogen-bond donors (Lipinski definition) is 3. The number of hydrogen-bond acceptors (Lipinski definition) is 5. The van der Waals surface area contributed by atoms with E-state index < -0.39 is 0 Å². The number of aliphatic hydroxyl groups is 1. The number of benzene rings is 2. The van der Waals surface area contributed by atoms with E-state index in [0.717, 1.165) is 42.9 Å². The van der Waals surface area contributed by atoms with Crippen LogP contribution in [0.25, 0.3) is 16.6 Å². The molecule has 0 bridgehead atoms. The molecular formula is C25H30N6O. The average molecular weight is 431 g/mol. The zero-order valence-corrected chi connectivity index (χ0v) is 18.9. The number of likely N-dealkylation sites (N-methyl/N-ethyl adjacent to an activating group) is 1. The van der Waals surface area contributed by atoms with Gasteiger partial charge >= 0.3 is 0 Å². The summed E-state index contributed by atoms with van der Waals surface area (Å²) in [5, 5.41) is 19.5. The van der Waals surface area contributed by atoms with Crippen molar-refractivity contribution < 1.29 is 5.11 Å². The van der Waals surface area contributed by atoms with E-state index in [2.05, 4.69) is 59.9 Å². The normalized spacial score (nSPS) is 17.9. The largest absolute Gasteiger partial charge is 0.509 e. The Kier molecular flexibility index (Phi) is 5.13. The topological polar surface area (TPSA) is 82.5 Å². The van der Waals surface area contributed by atoms with Gasteiger partial charge in [0.2, 0.25) is 0 Å². The van der Waals surface area contributed by atoms with Crippen LogP contribution in [-0.2, 0) is 0 Å². The summed E-state index contributed by atoms with van der Waals surface area (Å²) in [6.45, 7) is 8.72. The summed E-state index contributed by atoms with van der Waals surface area (Å²) in [4.78, 5) is 14.6. The van der Waals surface area contributed by atoms with E-state index in [-0.39, 0.29) is 18.1 Å². The van der Waals surface area contributed by atoms with Crippen LogP contribution < -0.4 is 9.80 Å². The summed E-state index contributed by atoms with van der Waals surface area (Å²) in [6, 6.07) is 14.4. The number of imidazole rings is 1. The molecule has 0 aliphatic carbocycles. The number of aromatic nitrogens is 2. The SMILES string of the molecule is CC(C)c1ccc(N2CC(O)=C(c3nc4ccc(N5CCN(C)CC5)cc4[nH]3)C2=N)cc1. The van der Waals surface area contributed by atoms with Crippen LogP contribution >= 0.6 is 0 Å². The first-order valence-electron chi connectivity index (χ1n) is 11.2. The Morgan fingerprint density at radius 3 is 2.38 bits per heavy atom. The molecule has 3 heterocycles. The van der Waals surface area contributed by atoms with Gasteiger partial charge in [0, 0.05) is 37.6 Å². The molecule has 5 rings (SSSR count). The first kappa shape index (κ1) is 20.6. The number of nitrogens with one attached hydrogen (secondary N) is 2. The zero-order valence-electron chi connectivity index (χ0n) is 18.9. The predicted molar refractivity (Wildman–Crippen MR) is 131 cm³/mol. The van der Waals surface area contributed by atoms with Crippen LogP contribution in [0.4, 0.5) is 11.4 Å². The van der Waals surface area contributed by atoms with Gasteiger partial charge in [-0.25, -0.2) is 4.98 Å². The van der Waals surface area contributed by atoms with Crippen molar-refractivity contribution in [2.75, 3.05) is 49.6 Å². The second-order valence-electron chi connectivity index (χ2n) is 9.08. The van der Waals surface area contributed by atoms with E-state index in [1.807, 2.05) is 23.1 Å². The number of piperazine rings is 1. The van der Waals surface area contributed by atoms with Gasteiger partial charge in [-0.2, -0.15) is 0 Å². The summed E-state index contributed by atoms with van der Waals surface area (Å²) in [7, 11) is 2.15. The molecule has 0 atom stereocenters. The van der Waals surface area contributed by atoms with Crippen LogP contribution in [0.5, 0.6) is 0 Å². The van der Waals surface area contributed by atoms with E-state index >= 15 is 0 Å². The van der Waals surface area contributed by atoms with E-state index in [1.54, 1.807) is 0 Å². The van der Waals surface area contributed by atoms with Crippen LogP contribution in [0.3, 0.4) is 0 Å². The van der Waals surface area contributed by atoms with Gasteiger partial charge in [-0.3, -0.25) is 5.41 Å². The number of amidine groups is 1. The third-order valence-corrected chi connectivity index (χ3v) is 6.55. The minimum Gasteiger partial charge on any atom is -0.509 e. The van der Waals surface area contributed by atoms with Gasteiger partial charge in [0.15, 0.2) is 0 Å². The van der Waals surface area contributed by atoms with Crippen molar-refractivity contribution >= 4 is 33.8 Å². The number of aromatic amines is 1. The summed E-state index contributed by atoms with van der Waals surface area (Å²) in [6.07, 6.45) is 0. The number of fused-ring (bicyclic) bond motifs is 1. The lowest BCUT2D eigenvalue weighted by atomic mass is 10.0. The summed E-state index contributed by atoms with van der Waals surface area (Å²) < 4.78 is 0. The van der Waals surface area contributed by atoms with Crippen LogP contribution in [0.1, 0.15) is 31.2 Å². The number of aliphatic hydroxyl groups excluding tert-OH is 1. The molecule has 0 saturated carbocycles. The minimum absolute atomic E-state index is 0.168. The van der Waals surface area contributed by atoms with E-state index in [9.17, 15) is 5.11 Å². The molecule has 32 heavy (non-hydrogen) atoms. The van der Waals surface area contributed by atoms with E-state index in [1.165, 1.54) is 11.3 Å². The van der Waals surface area contributed by atoms with Gasteiger partial charge in [-0.1, -0.05) is 26.0 Å². The number of nitrogens with zero attached hydrogens (tertiary/aromatic N) is 4. The van der Waals surface area contributed by atoms with Crippen molar-refractivity contribution in [3.8, 4) is 0 Å². The van der Waals surface area contributed by atoms with Crippen molar-refractivity contribution in [2.45, 2.75) is 19.8 Å². The van der Waals surface area contributed by atoms with E-state index in [4.69, 9.17) is 10.4 Å². The van der Waals surface area contributed by atoms with Gasteiger partial charge < -0.3 is 24.8 Å². The van der Waals surface area contributed by atoms with Crippen LogP contribution in [0.15, 0.2) is 48.2 Å². The predicted octanol–water partition coefficient (Wildman–Crippen LogP) is 4.20. The van der Waals surface area contributed by atoms with Crippen LogP contribution in [0.2, 0.25) is 0 Å². The third-order valence-electron chi connectivity index (χ3n) is 6.55. The fourth-order valence-electron chi connectivity index (χ4n) is 4.47. The molecule has 0 spiro atoms. The second kappa shape index (κ2) is 7.98. The molecule has 1 fully saturated rings. The quantitative estimate of drug-likeness (QED) is 0.578. The molecular weight excluding hydrogens is 400 g/mol. The summed E-state index contributed by atoms with van der Waals surface area (Å²) in [5.41, 5.74) is 5.55. The maximum atomic E-state index is 10.7. The van der Waals surface area contributed by atoms with Crippen LogP contribution in [-0.4, -0.2) is 65.6 Å². The summed E-state index contributed by atoms with van der Waals surface area (Å²) in [5.74, 6) is 1.43. The van der Waals surface area contributed by atoms with Crippen molar-refractivity contribution in [2.24, 2.45) is 0 Å². The first-order chi connectivity index (χ1) is 15.4. The molecule has 1 saturated heterocycles. The average Bonchev–Trinajstić information content (AvgIpc) is 3.33. The molecule has 2 aliphatic heterocycles. The third kappa shape index (κ3) is 3.62. The molecule has 3 aromatic rings. The molecule has 7 nitrogen and oxygen atoms in total.